The zero-order valence-corrected chi connectivity index (χ0v) is 11.2. The number of rotatable bonds is 0. The Labute approximate surface area is 116 Å². The Morgan fingerprint density at radius 1 is 0.900 bits per heavy atom. The number of pyridine rings is 1. The molecule has 1 aromatic heterocycles. The fraction of sp³-hybridized carbons (Fsp3) is 0.188. The van der Waals surface area contributed by atoms with Crippen molar-refractivity contribution in [3.8, 4) is 11.8 Å². The Morgan fingerprint density at radius 3 is 2.05 bits per heavy atom. The summed E-state index contributed by atoms with van der Waals surface area (Å²) in [6, 6.07) is 11.4. The highest BCUT2D eigenvalue weighted by Gasteiger charge is 2.30. The normalized spacial score (nSPS) is 9.85. The molecule has 0 bridgehead atoms. The maximum Gasteiger partial charge on any atom is 0.417 e. The van der Waals surface area contributed by atoms with Crippen molar-refractivity contribution in [1.29, 1.82) is 0 Å². The standard InChI is InChI=1S/C14H8F3N.C2H6/c15-14(16,17)12-7-9-13(18-10-12)8-6-11-4-2-1-3-5-11;1-2/h1-5,7,9-10H;1-2H3. The second-order valence-electron chi connectivity index (χ2n) is 3.55. The number of alkyl halides is 3. The molecule has 4 heteroatoms. The molecular weight excluding hydrogens is 263 g/mol. The van der Waals surface area contributed by atoms with Gasteiger partial charge in [0.15, 0.2) is 0 Å². The van der Waals surface area contributed by atoms with Crippen molar-refractivity contribution in [2.75, 3.05) is 0 Å². The third-order valence-electron chi connectivity index (χ3n) is 2.20. The van der Waals surface area contributed by atoms with Crippen molar-refractivity contribution in [3.63, 3.8) is 0 Å². The maximum absolute atomic E-state index is 12.3. The summed E-state index contributed by atoms with van der Waals surface area (Å²) in [6.07, 6.45) is -3.58. The van der Waals surface area contributed by atoms with E-state index in [0.717, 1.165) is 17.8 Å². The lowest BCUT2D eigenvalue weighted by Crippen LogP contribution is -2.05. The molecule has 1 nitrogen and oxygen atoms in total. The second-order valence-corrected chi connectivity index (χ2v) is 3.55. The van der Waals surface area contributed by atoms with Crippen LogP contribution >= 0.6 is 0 Å². The van der Waals surface area contributed by atoms with E-state index in [1.807, 2.05) is 44.2 Å². The van der Waals surface area contributed by atoms with E-state index in [-0.39, 0.29) is 0 Å². The largest absolute Gasteiger partial charge is 0.417 e. The zero-order chi connectivity index (χ0) is 15.0. The van der Waals surface area contributed by atoms with Crippen LogP contribution in [-0.4, -0.2) is 4.98 Å². The molecule has 0 spiro atoms. The maximum atomic E-state index is 12.3. The van der Waals surface area contributed by atoms with Crippen LogP contribution in [0.3, 0.4) is 0 Å². The minimum Gasteiger partial charge on any atom is -0.247 e. The molecule has 2 rings (SSSR count). The molecule has 0 saturated heterocycles. The van der Waals surface area contributed by atoms with E-state index in [0.29, 0.717) is 5.69 Å². The molecule has 0 atom stereocenters. The van der Waals surface area contributed by atoms with Crippen molar-refractivity contribution >= 4 is 0 Å². The Bertz CT molecular complexity index is 575. The highest BCUT2D eigenvalue weighted by atomic mass is 19.4. The van der Waals surface area contributed by atoms with Gasteiger partial charge in [0.25, 0.3) is 0 Å². The van der Waals surface area contributed by atoms with Crippen molar-refractivity contribution in [3.05, 3.63) is 65.5 Å². The first-order valence-electron chi connectivity index (χ1n) is 6.16. The average Bonchev–Trinajstić information content (AvgIpc) is 2.48. The molecule has 20 heavy (non-hydrogen) atoms. The average molecular weight is 277 g/mol. The van der Waals surface area contributed by atoms with Gasteiger partial charge in [0, 0.05) is 11.8 Å². The first-order chi connectivity index (χ1) is 9.55. The highest BCUT2D eigenvalue weighted by molar-refractivity contribution is 5.40. The highest BCUT2D eigenvalue weighted by Crippen LogP contribution is 2.28. The van der Waals surface area contributed by atoms with Gasteiger partial charge in [-0.15, -0.1) is 0 Å². The lowest BCUT2D eigenvalue weighted by Gasteiger charge is -2.04. The van der Waals surface area contributed by atoms with Crippen LogP contribution in [0.4, 0.5) is 13.2 Å². The number of nitrogens with zero attached hydrogens (tertiary/aromatic N) is 1. The monoisotopic (exact) mass is 277 g/mol. The molecule has 1 aromatic carbocycles. The van der Waals surface area contributed by atoms with Gasteiger partial charge in [-0.2, -0.15) is 13.2 Å². The zero-order valence-electron chi connectivity index (χ0n) is 11.2. The summed E-state index contributed by atoms with van der Waals surface area (Å²) in [4.78, 5) is 3.67. The Balaban J connectivity index is 0.000000956. The molecule has 0 aliphatic heterocycles. The number of aromatic nitrogens is 1. The van der Waals surface area contributed by atoms with Gasteiger partial charge in [0.1, 0.15) is 5.69 Å². The number of hydrogen-bond acceptors (Lipinski definition) is 1. The summed E-state index contributed by atoms with van der Waals surface area (Å²) in [5.74, 6) is 5.54. The van der Waals surface area contributed by atoms with Gasteiger partial charge >= 0.3 is 6.18 Å². The summed E-state index contributed by atoms with van der Waals surface area (Å²) in [5, 5.41) is 0. The molecule has 1 heterocycles. The second kappa shape index (κ2) is 7.34. The third-order valence-corrected chi connectivity index (χ3v) is 2.20. The van der Waals surface area contributed by atoms with Gasteiger partial charge in [-0.05, 0) is 30.2 Å². The van der Waals surface area contributed by atoms with Gasteiger partial charge in [0.2, 0.25) is 0 Å². The smallest absolute Gasteiger partial charge is 0.247 e. The molecule has 0 saturated carbocycles. The summed E-state index contributed by atoms with van der Waals surface area (Å²) < 4.78 is 36.9. The van der Waals surface area contributed by atoms with Crippen LogP contribution in [0.5, 0.6) is 0 Å². The van der Waals surface area contributed by atoms with E-state index in [2.05, 4.69) is 16.8 Å². The minimum absolute atomic E-state index is 0.312. The lowest BCUT2D eigenvalue weighted by molar-refractivity contribution is -0.137. The predicted octanol–water partition coefficient (Wildman–Crippen LogP) is 4.53. The first kappa shape index (κ1) is 15.8. The first-order valence-corrected chi connectivity index (χ1v) is 6.16. The summed E-state index contributed by atoms with van der Waals surface area (Å²) in [7, 11) is 0. The van der Waals surface area contributed by atoms with E-state index < -0.39 is 11.7 Å². The molecular formula is C16H14F3N. The lowest BCUT2D eigenvalue weighted by atomic mass is 10.2. The molecule has 104 valence electrons. The van der Waals surface area contributed by atoms with Crippen LogP contribution < -0.4 is 0 Å². The van der Waals surface area contributed by atoms with Crippen molar-refractivity contribution in [1.82, 2.24) is 4.98 Å². The quantitative estimate of drug-likeness (QED) is 0.645. The molecule has 0 amide bonds. The predicted molar refractivity (Wildman–Crippen MR) is 73.0 cm³/mol. The van der Waals surface area contributed by atoms with E-state index in [9.17, 15) is 13.2 Å². The van der Waals surface area contributed by atoms with Crippen molar-refractivity contribution < 1.29 is 13.2 Å². The van der Waals surface area contributed by atoms with Crippen LogP contribution in [0, 0.1) is 11.8 Å². The number of hydrogen-bond donors (Lipinski definition) is 0. The Hall–Kier alpha value is -2.28. The van der Waals surface area contributed by atoms with Gasteiger partial charge in [-0.3, -0.25) is 0 Å². The molecule has 0 radical (unpaired) electrons. The van der Waals surface area contributed by atoms with E-state index in [1.54, 1.807) is 0 Å². The fourth-order valence-electron chi connectivity index (χ4n) is 1.29. The van der Waals surface area contributed by atoms with E-state index >= 15 is 0 Å². The van der Waals surface area contributed by atoms with Crippen molar-refractivity contribution in [2.24, 2.45) is 0 Å². The van der Waals surface area contributed by atoms with Gasteiger partial charge in [-0.25, -0.2) is 4.98 Å². The van der Waals surface area contributed by atoms with Crippen molar-refractivity contribution in [2.45, 2.75) is 20.0 Å². The van der Waals surface area contributed by atoms with Gasteiger partial charge < -0.3 is 0 Å². The number of halogens is 3. The molecule has 2 aromatic rings. The fourth-order valence-corrected chi connectivity index (χ4v) is 1.29. The van der Waals surface area contributed by atoms with Crippen LogP contribution in [-0.2, 0) is 6.18 Å². The molecule has 0 aliphatic carbocycles. The minimum atomic E-state index is -4.36. The molecule has 0 N–H and O–H groups in total. The van der Waals surface area contributed by atoms with E-state index in [1.165, 1.54) is 6.07 Å². The molecule has 0 unspecified atom stereocenters. The van der Waals surface area contributed by atoms with Gasteiger partial charge in [-0.1, -0.05) is 38.0 Å². The summed E-state index contributed by atoms with van der Waals surface area (Å²) in [6.45, 7) is 4.00. The van der Waals surface area contributed by atoms with Crippen LogP contribution in [0.15, 0.2) is 48.7 Å². The number of benzene rings is 1. The SMILES string of the molecule is CC.FC(F)(F)c1ccc(C#Cc2ccccc2)nc1. The van der Waals surface area contributed by atoms with E-state index in [4.69, 9.17) is 0 Å². The summed E-state index contributed by atoms with van der Waals surface area (Å²) >= 11 is 0. The van der Waals surface area contributed by atoms with Crippen LogP contribution in [0.1, 0.15) is 30.7 Å². The van der Waals surface area contributed by atoms with Crippen LogP contribution in [0.2, 0.25) is 0 Å². The Kier molecular flexibility index (Phi) is 5.79. The molecule has 0 aliphatic rings. The topological polar surface area (TPSA) is 12.9 Å². The van der Waals surface area contributed by atoms with Gasteiger partial charge in [0.05, 0.1) is 5.56 Å². The Morgan fingerprint density at radius 2 is 1.55 bits per heavy atom. The molecule has 0 fully saturated rings. The van der Waals surface area contributed by atoms with Crippen LogP contribution in [0.25, 0.3) is 0 Å². The third kappa shape index (κ3) is 4.77. The summed E-state index contributed by atoms with van der Waals surface area (Å²) in [5.41, 5.74) is 0.332.